The minimum Gasteiger partial charge on any atom is -0.310 e. The Morgan fingerprint density at radius 3 is 2.31 bits per heavy atom. The highest BCUT2D eigenvalue weighted by atomic mass is 35.5. The lowest BCUT2D eigenvalue weighted by Crippen LogP contribution is -2.41. The van der Waals surface area contributed by atoms with Gasteiger partial charge in [0.15, 0.2) is 0 Å². The SMILES string of the molecule is Cl.Cl.O=[N+]([O-])c1cccc(CNC2CCN(Cc3ccccc3)CC2)c1. The quantitative estimate of drug-likeness (QED) is 0.586. The maximum atomic E-state index is 10.8. The summed E-state index contributed by atoms with van der Waals surface area (Å²) in [6, 6.07) is 17.9. The van der Waals surface area contributed by atoms with Crippen molar-refractivity contribution >= 4 is 30.5 Å². The van der Waals surface area contributed by atoms with Crippen LogP contribution >= 0.6 is 24.8 Å². The van der Waals surface area contributed by atoms with Crippen molar-refractivity contribution in [1.29, 1.82) is 0 Å². The van der Waals surface area contributed by atoms with Gasteiger partial charge in [-0.2, -0.15) is 0 Å². The Hall–Kier alpha value is -1.66. The van der Waals surface area contributed by atoms with Gasteiger partial charge in [0.1, 0.15) is 0 Å². The standard InChI is InChI=1S/C19H23N3O2.2ClH/c23-22(24)19-8-4-7-17(13-19)14-20-18-9-11-21(12-10-18)15-16-5-2-1-3-6-16;;/h1-8,13,18,20H,9-12,14-15H2;2*1H. The van der Waals surface area contributed by atoms with Crippen molar-refractivity contribution in [3.8, 4) is 0 Å². The maximum absolute atomic E-state index is 10.8. The number of rotatable bonds is 6. The van der Waals surface area contributed by atoms with Crippen LogP contribution in [0.4, 0.5) is 5.69 Å². The third-order valence-corrected chi connectivity index (χ3v) is 4.55. The molecule has 0 aromatic heterocycles. The van der Waals surface area contributed by atoms with Crippen LogP contribution in [0.5, 0.6) is 0 Å². The second kappa shape index (κ2) is 11.1. The molecule has 5 nitrogen and oxygen atoms in total. The summed E-state index contributed by atoms with van der Waals surface area (Å²) in [6.45, 7) is 3.87. The predicted octanol–water partition coefficient (Wildman–Crippen LogP) is 4.19. The number of nitro benzene ring substituents is 1. The molecule has 3 rings (SSSR count). The van der Waals surface area contributed by atoms with Crippen LogP contribution in [0.15, 0.2) is 54.6 Å². The van der Waals surface area contributed by atoms with Gasteiger partial charge in [0.2, 0.25) is 0 Å². The lowest BCUT2D eigenvalue weighted by molar-refractivity contribution is -0.384. The molecule has 0 bridgehead atoms. The molecule has 1 heterocycles. The largest absolute Gasteiger partial charge is 0.310 e. The number of piperidine rings is 1. The van der Waals surface area contributed by atoms with E-state index in [9.17, 15) is 10.1 Å². The number of likely N-dealkylation sites (tertiary alicyclic amines) is 1. The molecule has 142 valence electrons. The van der Waals surface area contributed by atoms with E-state index in [1.165, 1.54) is 11.6 Å². The number of non-ortho nitro benzene ring substituents is 1. The fourth-order valence-corrected chi connectivity index (χ4v) is 3.18. The zero-order chi connectivity index (χ0) is 16.8. The second-order valence-corrected chi connectivity index (χ2v) is 6.34. The van der Waals surface area contributed by atoms with Crippen molar-refractivity contribution in [2.24, 2.45) is 0 Å². The molecule has 0 saturated carbocycles. The van der Waals surface area contributed by atoms with Gasteiger partial charge < -0.3 is 5.32 Å². The van der Waals surface area contributed by atoms with Gasteiger partial charge >= 0.3 is 0 Å². The van der Waals surface area contributed by atoms with Crippen LogP contribution in [0.3, 0.4) is 0 Å². The van der Waals surface area contributed by atoms with E-state index in [1.54, 1.807) is 12.1 Å². The zero-order valence-corrected chi connectivity index (χ0v) is 16.2. The van der Waals surface area contributed by atoms with Crippen LogP contribution in [-0.2, 0) is 13.1 Å². The van der Waals surface area contributed by atoms with Gasteiger partial charge in [-0.05, 0) is 37.1 Å². The van der Waals surface area contributed by atoms with Crippen molar-refractivity contribution in [1.82, 2.24) is 10.2 Å². The van der Waals surface area contributed by atoms with Crippen LogP contribution in [0, 0.1) is 10.1 Å². The Morgan fingerprint density at radius 2 is 1.65 bits per heavy atom. The van der Waals surface area contributed by atoms with E-state index >= 15 is 0 Å². The van der Waals surface area contributed by atoms with Gasteiger partial charge in [0.05, 0.1) is 4.92 Å². The Bertz CT molecular complexity index is 677. The highest BCUT2D eigenvalue weighted by molar-refractivity contribution is 5.85. The van der Waals surface area contributed by atoms with Gasteiger partial charge in [0, 0.05) is 31.3 Å². The molecule has 26 heavy (non-hydrogen) atoms. The Balaban J connectivity index is 0.00000169. The Kier molecular flexibility index (Phi) is 9.59. The molecule has 0 amide bonds. The predicted molar refractivity (Wildman–Crippen MR) is 109 cm³/mol. The molecule has 0 unspecified atom stereocenters. The first-order chi connectivity index (χ1) is 11.7. The Labute approximate surface area is 166 Å². The molecular weight excluding hydrogens is 373 g/mol. The summed E-state index contributed by atoms with van der Waals surface area (Å²) < 4.78 is 0. The fraction of sp³-hybridized carbons (Fsp3) is 0.368. The number of hydrogen-bond donors (Lipinski definition) is 1. The van der Waals surface area contributed by atoms with Crippen molar-refractivity contribution < 1.29 is 4.92 Å². The second-order valence-electron chi connectivity index (χ2n) is 6.34. The highest BCUT2D eigenvalue weighted by Crippen LogP contribution is 2.16. The average Bonchev–Trinajstić information content (AvgIpc) is 2.62. The number of nitrogens with zero attached hydrogens (tertiary/aromatic N) is 2. The molecule has 0 aliphatic carbocycles. The highest BCUT2D eigenvalue weighted by Gasteiger charge is 2.18. The van der Waals surface area contributed by atoms with E-state index in [2.05, 4.69) is 34.5 Å². The maximum Gasteiger partial charge on any atom is 0.269 e. The van der Waals surface area contributed by atoms with E-state index in [4.69, 9.17) is 0 Å². The molecule has 1 N–H and O–H groups in total. The molecular formula is C19H25Cl2N3O2. The first-order valence-corrected chi connectivity index (χ1v) is 8.44. The van der Waals surface area contributed by atoms with Gasteiger partial charge in [-0.15, -0.1) is 24.8 Å². The molecule has 1 fully saturated rings. The molecule has 1 aliphatic rings. The number of nitrogens with one attached hydrogen (secondary N) is 1. The smallest absolute Gasteiger partial charge is 0.269 e. The lowest BCUT2D eigenvalue weighted by Gasteiger charge is -2.32. The van der Waals surface area contributed by atoms with Crippen LogP contribution < -0.4 is 5.32 Å². The Morgan fingerprint density at radius 1 is 1.00 bits per heavy atom. The van der Waals surface area contributed by atoms with Crippen molar-refractivity contribution in [2.75, 3.05) is 13.1 Å². The van der Waals surface area contributed by atoms with Crippen molar-refractivity contribution in [2.45, 2.75) is 32.0 Å². The first kappa shape index (κ1) is 22.4. The molecule has 7 heteroatoms. The van der Waals surface area contributed by atoms with E-state index in [0.29, 0.717) is 12.6 Å². The number of halogens is 2. The van der Waals surface area contributed by atoms with E-state index in [1.807, 2.05) is 12.1 Å². The summed E-state index contributed by atoms with van der Waals surface area (Å²) in [6.07, 6.45) is 2.23. The summed E-state index contributed by atoms with van der Waals surface area (Å²) in [5, 5.41) is 14.4. The lowest BCUT2D eigenvalue weighted by atomic mass is 10.0. The fourth-order valence-electron chi connectivity index (χ4n) is 3.18. The van der Waals surface area contributed by atoms with Crippen LogP contribution in [0.1, 0.15) is 24.0 Å². The molecule has 1 saturated heterocycles. The van der Waals surface area contributed by atoms with Crippen molar-refractivity contribution in [3.63, 3.8) is 0 Å². The topological polar surface area (TPSA) is 58.4 Å². The van der Waals surface area contributed by atoms with E-state index in [0.717, 1.165) is 38.0 Å². The zero-order valence-electron chi connectivity index (χ0n) is 14.5. The van der Waals surface area contributed by atoms with E-state index < -0.39 is 0 Å². The molecule has 2 aromatic rings. The monoisotopic (exact) mass is 397 g/mol. The number of hydrogen-bond acceptors (Lipinski definition) is 4. The molecule has 0 atom stereocenters. The number of benzene rings is 2. The van der Waals surface area contributed by atoms with Crippen molar-refractivity contribution in [3.05, 3.63) is 75.8 Å². The van der Waals surface area contributed by atoms with Gasteiger partial charge in [-0.3, -0.25) is 15.0 Å². The third kappa shape index (κ3) is 6.57. The molecule has 1 aliphatic heterocycles. The molecule has 0 spiro atoms. The minimum absolute atomic E-state index is 0. The summed E-state index contributed by atoms with van der Waals surface area (Å²) in [5.74, 6) is 0. The third-order valence-electron chi connectivity index (χ3n) is 4.55. The first-order valence-electron chi connectivity index (χ1n) is 8.44. The van der Waals surface area contributed by atoms with Crippen LogP contribution in [0.2, 0.25) is 0 Å². The average molecular weight is 398 g/mol. The van der Waals surface area contributed by atoms with Crippen LogP contribution in [-0.4, -0.2) is 29.0 Å². The normalized spacial score (nSPS) is 14.9. The van der Waals surface area contributed by atoms with E-state index in [-0.39, 0.29) is 35.4 Å². The minimum atomic E-state index is -0.342. The summed E-state index contributed by atoms with van der Waals surface area (Å²) in [7, 11) is 0. The summed E-state index contributed by atoms with van der Waals surface area (Å²) >= 11 is 0. The van der Waals surface area contributed by atoms with Gasteiger partial charge in [0.25, 0.3) is 5.69 Å². The molecule has 0 radical (unpaired) electrons. The van der Waals surface area contributed by atoms with Crippen LogP contribution in [0.25, 0.3) is 0 Å². The molecule has 2 aromatic carbocycles. The summed E-state index contributed by atoms with van der Waals surface area (Å²) in [4.78, 5) is 13.0. The van der Waals surface area contributed by atoms with Gasteiger partial charge in [-0.25, -0.2) is 0 Å². The summed E-state index contributed by atoms with van der Waals surface area (Å²) in [5.41, 5.74) is 2.49. The van der Waals surface area contributed by atoms with Gasteiger partial charge in [-0.1, -0.05) is 42.5 Å². The number of nitro groups is 1.